The van der Waals surface area contributed by atoms with Crippen LogP contribution in [0.3, 0.4) is 0 Å². The van der Waals surface area contributed by atoms with E-state index in [2.05, 4.69) is 23.1 Å². The molecule has 4 nitrogen and oxygen atoms in total. The fourth-order valence-electron chi connectivity index (χ4n) is 4.63. The van der Waals surface area contributed by atoms with E-state index >= 15 is 0 Å². The van der Waals surface area contributed by atoms with Gasteiger partial charge < -0.3 is 4.90 Å². The SMILES string of the molecule is CN1C(=O)[C@H](c2ccccc2)CC12CCN(Cc1ccc(C#N)cc1)CC2. The van der Waals surface area contributed by atoms with Crippen LogP contribution in [0.4, 0.5) is 0 Å². The smallest absolute Gasteiger partial charge is 0.230 e. The predicted molar refractivity (Wildman–Crippen MR) is 105 cm³/mol. The molecule has 2 aliphatic rings. The largest absolute Gasteiger partial charge is 0.339 e. The van der Waals surface area contributed by atoms with E-state index in [4.69, 9.17) is 5.26 Å². The summed E-state index contributed by atoms with van der Waals surface area (Å²) >= 11 is 0. The molecule has 0 aliphatic carbocycles. The Morgan fingerprint density at radius 1 is 1.07 bits per heavy atom. The van der Waals surface area contributed by atoms with Crippen molar-refractivity contribution in [2.75, 3.05) is 20.1 Å². The van der Waals surface area contributed by atoms with Crippen molar-refractivity contribution >= 4 is 5.91 Å². The maximum Gasteiger partial charge on any atom is 0.230 e. The van der Waals surface area contributed by atoms with Gasteiger partial charge in [-0.2, -0.15) is 5.26 Å². The molecule has 138 valence electrons. The zero-order valence-corrected chi connectivity index (χ0v) is 15.8. The van der Waals surface area contributed by atoms with Crippen LogP contribution in [-0.4, -0.2) is 41.4 Å². The highest BCUT2D eigenvalue weighted by molar-refractivity contribution is 5.87. The summed E-state index contributed by atoms with van der Waals surface area (Å²) in [5.74, 6) is 0.267. The number of amides is 1. The van der Waals surface area contributed by atoms with Crippen LogP contribution in [0.5, 0.6) is 0 Å². The lowest BCUT2D eigenvalue weighted by molar-refractivity contribution is -0.131. The Bertz CT molecular complexity index is 845. The highest BCUT2D eigenvalue weighted by atomic mass is 16.2. The fourth-order valence-corrected chi connectivity index (χ4v) is 4.63. The maximum atomic E-state index is 12.9. The first-order chi connectivity index (χ1) is 13.1. The number of likely N-dealkylation sites (tertiary alicyclic amines) is 2. The zero-order chi connectivity index (χ0) is 18.9. The number of carbonyl (C=O) groups excluding carboxylic acids is 1. The second-order valence-electron chi connectivity index (χ2n) is 7.87. The van der Waals surface area contributed by atoms with Crippen LogP contribution in [0.2, 0.25) is 0 Å². The second-order valence-corrected chi connectivity index (χ2v) is 7.87. The topological polar surface area (TPSA) is 47.3 Å². The van der Waals surface area contributed by atoms with E-state index in [-0.39, 0.29) is 17.4 Å². The van der Waals surface area contributed by atoms with Crippen LogP contribution in [0, 0.1) is 11.3 Å². The van der Waals surface area contributed by atoms with Gasteiger partial charge in [-0.3, -0.25) is 9.69 Å². The first-order valence-electron chi connectivity index (χ1n) is 9.65. The molecule has 2 heterocycles. The monoisotopic (exact) mass is 359 g/mol. The van der Waals surface area contributed by atoms with Gasteiger partial charge in [0, 0.05) is 32.2 Å². The van der Waals surface area contributed by atoms with Gasteiger partial charge in [0.15, 0.2) is 0 Å². The first kappa shape index (κ1) is 17.8. The third-order valence-corrected chi connectivity index (χ3v) is 6.40. The summed E-state index contributed by atoms with van der Waals surface area (Å²) in [6.45, 7) is 2.90. The molecule has 0 saturated carbocycles. The number of rotatable bonds is 3. The average Bonchev–Trinajstić information content (AvgIpc) is 2.96. The molecule has 1 amide bonds. The van der Waals surface area contributed by atoms with Crippen molar-refractivity contribution < 1.29 is 4.79 Å². The molecule has 4 rings (SSSR count). The van der Waals surface area contributed by atoms with E-state index in [0.29, 0.717) is 5.56 Å². The van der Waals surface area contributed by atoms with E-state index < -0.39 is 0 Å². The molecule has 27 heavy (non-hydrogen) atoms. The lowest BCUT2D eigenvalue weighted by Crippen LogP contribution is -2.51. The molecule has 1 spiro atoms. The minimum atomic E-state index is -0.00123. The normalized spacial score (nSPS) is 22.1. The Balaban J connectivity index is 1.42. The standard InChI is InChI=1S/C23H25N3O/c1-25-22(27)21(20-5-3-2-4-6-20)15-23(25)11-13-26(14-12-23)17-19-9-7-18(16-24)8-10-19/h2-10,21H,11-15,17H2,1H3/t21-/m0/s1. The predicted octanol–water partition coefficient (Wildman–Crippen LogP) is 3.54. The molecular formula is C23H25N3O. The third kappa shape index (κ3) is 3.36. The van der Waals surface area contributed by atoms with Gasteiger partial charge in [-0.25, -0.2) is 0 Å². The number of nitriles is 1. The Labute approximate surface area is 161 Å². The maximum absolute atomic E-state index is 12.9. The van der Waals surface area contributed by atoms with Gasteiger partial charge in [-0.1, -0.05) is 42.5 Å². The Morgan fingerprint density at radius 3 is 2.37 bits per heavy atom. The number of piperidine rings is 1. The van der Waals surface area contributed by atoms with Gasteiger partial charge >= 0.3 is 0 Å². The van der Waals surface area contributed by atoms with Crippen LogP contribution in [-0.2, 0) is 11.3 Å². The number of nitrogens with zero attached hydrogens (tertiary/aromatic N) is 3. The minimum Gasteiger partial charge on any atom is -0.339 e. The van der Waals surface area contributed by atoms with E-state index in [1.807, 2.05) is 54.4 Å². The molecule has 1 atom stereocenters. The van der Waals surface area contributed by atoms with Crippen LogP contribution in [0.1, 0.15) is 41.9 Å². The van der Waals surface area contributed by atoms with Crippen LogP contribution in [0.15, 0.2) is 54.6 Å². The second kappa shape index (κ2) is 7.17. The quantitative estimate of drug-likeness (QED) is 0.842. The van der Waals surface area contributed by atoms with Crippen LogP contribution >= 0.6 is 0 Å². The summed E-state index contributed by atoms with van der Waals surface area (Å²) < 4.78 is 0. The number of likely N-dealkylation sites (N-methyl/N-ethyl adjacent to an activating group) is 1. The van der Waals surface area contributed by atoms with Crippen LogP contribution < -0.4 is 0 Å². The highest BCUT2D eigenvalue weighted by Gasteiger charge is 2.50. The number of carbonyl (C=O) groups is 1. The Hall–Kier alpha value is -2.64. The Kier molecular flexibility index (Phi) is 4.72. The molecule has 2 aliphatic heterocycles. The van der Waals surface area contributed by atoms with Gasteiger partial charge in [0.05, 0.1) is 17.6 Å². The molecule has 0 unspecified atom stereocenters. The van der Waals surface area contributed by atoms with E-state index in [0.717, 1.165) is 44.5 Å². The molecule has 2 aromatic carbocycles. The van der Waals surface area contributed by atoms with Crippen molar-refractivity contribution in [1.82, 2.24) is 9.80 Å². The Morgan fingerprint density at radius 2 is 1.74 bits per heavy atom. The van der Waals surface area contributed by atoms with Crippen molar-refractivity contribution in [3.63, 3.8) is 0 Å². The molecule has 0 radical (unpaired) electrons. The van der Waals surface area contributed by atoms with E-state index in [1.54, 1.807) is 0 Å². The van der Waals surface area contributed by atoms with Gasteiger partial charge in [-0.05, 0) is 42.5 Å². The average molecular weight is 359 g/mol. The lowest BCUT2D eigenvalue weighted by atomic mass is 9.81. The molecule has 0 aromatic heterocycles. The molecule has 4 heteroatoms. The fraction of sp³-hybridized carbons (Fsp3) is 0.391. The summed E-state index contributed by atoms with van der Waals surface area (Å²) in [5.41, 5.74) is 3.09. The first-order valence-corrected chi connectivity index (χ1v) is 9.65. The summed E-state index contributed by atoms with van der Waals surface area (Å²) in [7, 11) is 1.99. The van der Waals surface area contributed by atoms with Gasteiger partial charge in [0.2, 0.25) is 5.91 Å². The van der Waals surface area contributed by atoms with Crippen molar-refractivity contribution in [3.8, 4) is 6.07 Å². The number of hydrogen-bond acceptors (Lipinski definition) is 3. The zero-order valence-electron chi connectivity index (χ0n) is 15.8. The minimum absolute atomic E-state index is 0.00118. The van der Waals surface area contributed by atoms with Crippen molar-refractivity contribution in [2.45, 2.75) is 37.3 Å². The molecular weight excluding hydrogens is 334 g/mol. The molecule has 0 N–H and O–H groups in total. The third-order valence-electron chi connectivity index (χ3n) is 6.40. The summed E-state index contributed by atoms with van der Waals surface area (Å²) in [5, 5.41) is 8.93. The van der Waals surface area contributed by atoms with Gasteiger partial charge in [0.1, 0.15) is 0 Å². The summed E-state index contributed by atoms with van der Waals surface area (Å²) in [6.07, 6.45) is 2.97. The van der Waals surface area contributed by atoms with E-state index in [1.165, 1.54) is 5.56 Å². The van der Waals surface area contributed by atoms with Crippen LogP contribution in [0.25, 0.3) is 0 Å². The van der Waals surface area contributed by atoms with Gasteiger partial charge in [-0.15, -0.1) is 0 Å². The molecule has 2 fully saturated rings. The summed E-state index contributed by atoms with van der Waals surface area (Å²) in [6, 6.07) is 20.2. The van der Waals surface area contributed by atoms with Crippen molar-refractivity contribution in [2.24, 2.45) is 0 Å². The van der Waals surface area contributed by atoms with Gasteiger partial charge in [0.25, 0.3) is 0 Å². The highest BCUT2D eigenvalue weighted by Crippen LogP contribution is 2.44. The molecule has 2 saturated heterocycles. The van der Waals surface area contributed by atoms with E-state index in [9.17, 15) is 4.79 Å². The molecule has 0 bridgehead atoms. The summed E-state index contributed by atoms with van der Waals surface area (Å²) in [4.78, 5) is 17.4. The molecule has 2 aromatic rings. The van der Waals surface area contributed by atoms with Crippen molar-refractivity contribution in [1.29, 1.82) is 5.26 Å². The lowest BCUT2D eigenvalue weighted by Gasteiger charge is -2.43. The van der Waals surface area contributed by atoms with Crippen molar-refractivity contribution in [3.05, 3.63) is 71.3 Å². The number of hydrogen-bond donors (Lipinski definition) is 0. The number of benzene rings is 2.